The number of hydrogen-bond donors (Lipinski definition) is 1. The molecular weight excluding hydrogens is 80.0 g/mol. The van der Waals surface area contributed by atoms with E-state index in [2.05, 4.69) is 0 Å². The summed E-state index contributed by atoms with van der Waals surface area (Å²) >= 11 is 0. The van der Waals surface area contributed by atoms with Crippen molar-refractivity contribution in [2.75, 3.05) is 6.54 Å². The fourth-order valence-corrected chi connectivity index (χ4v) is 0.0645. The first-order valence-electron chi connectivity index (χ1n) is 1.49. The molecule has 36 valence electrons. The highest BCUT2D eigenvalue weighted by Gasteiger charge is 1.65. The molecule has 0 heterocycles. The standard InChI is InChI=1S/C3H6N2.H2O/c4-2-1-3-5;/h1-2,4H2;1H2. The van der Waals surface area contributed by atoms with E-state index in [0.717, 1.165) is 0 Å². The topological polar surface area (TPSA) is 81.3 Å². The van der Waals surface area contributed by atoms with E-state index in [-0.39, 0.29) is 5.48 Å². The number of rotatable bonds is 1. The van der Waals surface area contributed by atoms with Gasteiger partial charge in [-0.2, -0.15) is 5.26 Å². The van der Waals surface area contributed by atoms with Gasteiger partial charge in [-0.1, -0.05) is 0 Å². The Morgan fingerprint density at radius 2 is 2.17 bits per heavy atom. The summed E-state index contributed by atoms with van der Waals surface area (Å²) in [4.78, 5) is 0. The van der Waals surface area contributed by atoms with Crippen LogP contribution < -0.4 is 5.73 Å². The summed E-state index contributed by atoms with van der Waals surface area (Å²) in [5.41, 5.74) is 4.92. The quantitative estimate of drug-likeness (QED) is 0.447. The Morgan fingerprint density at radius 3 is 2.17 bits per heavy atom. The lowest BCUT2D eigenvalue weighted by Crippen LogP contribution is -1.94. The van der Waals surface area contributed by atoms with E-state index in [9.17, 15) is 0 Å². The number of nitrogens with zero attached hydrogens (tertiary/aromatic N) is 1. The Balaban J connectivity index is 0. The maximum atomic E-state index is 7.74. The van der Waals surface area contributed by atoms with Crippen LogP contribution in [-0.4, -0.2) is 12.0 Å². The van der Waals surface area contributed by atoms with Crippen molar-refractivity contribution in [3.8, 4) is 6.07 Å². The highest BCUT2D eigenvalue weighted by molar-refractivity contribution is 4.67. The fraction of sp³-hybridized carbons (Fsp3) is 0.667. The molecule has 0 bridgehead atoms. The summed E-state index contributed by atoms with van der Waals surface area (Å²) in [6.45, 7) is 0.483. The molecule has 0 aromatic rings. The number of nitrogens with two attached hydrogens (primary N) is 1. The third-order valence-corrected chi connectivity index (χ3v) is 0.256. The predicted molar refractivity (Wildman–Crippen MR) is 22.9 cm³/mol. The molecule has 0 saturated heterocycles. The first-order valence-corrected chi connectivity index (χ1v) is 1.49. The summed E-state index contributed by atoms with van der Waals surface area (Å²) in [6.07, 6.45) is 0.472. The molecule has 0 aromatic heterocycles. The first-order chi connectivity index (χ1) is 2.41. The second-order valence-electron chi connectivity index (χ2n) is 0.697. The van der Waals surface area contributed by atoms with Crippen LogP contribution in [0.25, 0.3) is 0 Å². The number of hydrogen-bond acceptors (Lipinski definition) is 2. The second-order valence-corrected chi connectivity index (χ2v) is 0.697. The van der Waals surface area contributed by atoms with Gasteiger partial charge in [-0.15, -0.1) is 0 Å². The molecule has 0 spiro atoms. The van der Waals surface area contributed by atoms with Crippen molar-refractivity contribution in [2.24, 2.45) is 5.73 Å². The maximum absolute atomic E-state index is 7.74. The summed E-state index contributed by atoms with van der Waals surface area (Å²) in [6, 6.07) is 1.89. The van der Waals surface area contributed by atoms with E-state index in [0.29, 0.717) is 13.0 Å². The Hall–Kier alpha value is -0.590. The van der Waals surface area contributed by atoms with Gasteiger partial charge < -0.3 is 11.2 Å². The van der Waals surface area contributed by atoms with Crippen LogP contribution in [0.15, 0.2) is 0 Å². The summed E-state index contributed by atoms with van der Waals surface area (Å²) < 4.78 is 0. The molecule has 0 saturated carbocycles. The van der Waals surface area contributed by atoms with E-state index < -0.39 is 0 Å². The summed E-state index contributed by atoms with van der Waals surface area (Å²) in [5, 5.41) is 7.74. The van der Waals surface area contributed by atoms with Crippen molar-refractivity contribution in [1.82, 2.24) is 0 Å². The van der Waals surface area contributed by atoms with Crippen LogP contribution in [0.5, 0.6) is 0 Å². The average Bonchev–Trinajstić information content (AvgIpc) is 1.41. The molecule has 0 fully saturated rings. The predicted octanol–water partition coefficient (Wildman–Crippen LogP) is -0.966. The molecule has 3 nitrogen and oxygen atoms in total. The normalized spacial score (nSPS) is 5.33. The molecular formula is C3H8N2O. The molecule has 6 heavy (non-hydrogen) atoms. The molecule has 0 amide bonds. The van der Waals surface area contributed by atoms with Crippen LogP contribution >= 0.6 is 0 Å². The van der Waals surface area contributed by atoms with Crippen LogP contribution in [0.1, 0.15) is 6.42 Å². The van der Waals surface area contributed by atoms with E-state index >= 15 is 0 Å². The second kappa shape index (κ2) is 8.83. The Bertz CT molecular complexity index is 47.2. The highest BCUT2D eigenvalue weighted by Crippen LogP contribution is 1.59. The third kappa shape index (κ3) is 9.96. The van der Waals surface area contributed by atoms with Gasteiger partial charge in [0.05, 0.1) is 6.07 Å². The van der Waals surface area contributed by atoms with Crippen LogP contribution in [0.3, 0.4) is 0 Å². The summed E-state index contributed by atoms with van der Waals surface area (Å²) in [7, 11) is 0. The van der Waals surface area contributed by atoms with Crippen LogP contribution in [0, 0.1) is 11.3 Å². The van der Waals surface area contributed by atoms with Gasteiger partial charge in [0.1, 0.15) is 0 Å². The Labute approximate surface area is 36.7 Å². The first kappa shape index (κ1) is 9.05. The van der Waals surface area contributed by atoms with Gasteiger partial charge in [0, 0.05) is 13.0 Å². The molecule has 0 unspecified atom stereocenters. The van der Waals surface area contributed by atoms with Gasteiger partial charge in [0.15, 0.2) is 0 Å². The van der Waals surface area contributed by atoms with Gasteiger partial charge in [-0.3, -0.25) is 0 Å². The third-order valence-electron chi connectivity index (χ3n) is 0.256. The van der Waals surface area contributed by atoms with Crippen molar-refractivity contribution >= 4 is 0 Å². The van der Waals surface area contributed by atoms with Crippen molar-refractivity contribution in [3.05, 3.63) is 0 Å². The van der Waals surface area contributed by atoms with Crippen LogP contribution in [0.2, 0.25) is 0 Å². The van der Waals surface area contributed by atoms with E-state index in [4.69, 9.17) is 11.0 Å². The molecule has 0 aromatic carbocycles. The average molecular weight is 88.1 g/mol. The van der Waals surface area contributed by atoms with Crippen molar-refractivity contribution in [3.63, 3.8) is 0 Å². The van der Waals surface area contributed by atoms with Gasteiger partial charge in [-0.05, 0) is 0 Å². The molecule has 3 heteroatoms. The van der Waals surface area contributed by atoms with Gasteiger partial charge in [-0.25, -0.2) is 0 Å². The lowest BCUT2D eigenvalue weighted by atomic mass is 10.5. The smallest absolute Gasteiger partial charge is 0.0635 e. The lowest BCUT2D eigenvalue weighted by molar-refractivity contribution is 0.824. The van der Waals surface area contributed by atoms with Crippen molar-refractivity contribution in [1.29, 1.82) is 5.26 Å². The molecule has 0 radical (unpaired) electrons. The monoisotopic (exact) mass is 88.1 g/mol. The lowest BCUT2D eigenvalue weighted by Gasteiger charge is -1.68. The van der Waals surface area contributed by atoms with Crippen LogP contribution in [-0.2, 0) is 0 Å². The zero-order valence-electron chi connectivity index (χ0n) is 3.44. The summed E-state index contributed by atoms with van der Waals surface area (Å²) in [5.74, 6) is 0. The minimum atomic E-state index is 0. The Kier molecular flexibility index (Phi) is 13.3. The van der Waals surface area contributed by atoms with Crippen LogP contribution in [0.4, 0.5) is 0 Å². The van der Waals surface area contributed by atoms with E-state index in [1.54, 1.807) is 0 Å². The minimum absolute atomic E-state index is 0. The van der Waals surface area contributed by atoms with Gasteiger partial charge in [0.2, 0.25) is 0 Å². The van der Waals surface area contributed by atoms with Crippen molar-refractivity contribution in [2.45, 2.75) is 6.42 Å². The molecule has 0 aliphatic rings. The molecule has 0 aliphatic heterocycles. The SMILES string of the molecule is N#CCCN.O. The van der Waals surface area contributed by atoms with E-state index in [1.807, 2.05) is 6.07 Å². The van der Waals surface area contributed by atoms with Gasteiger partial charge in [0.25, 0.3) is 0 Å². The fourth-order valence-electron chi connectivity index (χ4n) is 0.0645. The van der Waals surface area contributed by atoms with Gasteiger partial charge >= 0.3 is 0 Å². The minimum Gasteiger partial charge on any atom is -0.412 e. The zero-order valence-corrected chi connectivity index (χ0v) is 3.44. The molecule has 0 rings (SSSR count). The van der Waals surface area contributed by atoms with E-state index in [1.165, 1.54) is 0 Å². The Morgan fingerprint density at radius 1 is 1.67 bits per heavy atom. The maximum Gasteiger partial charge on any atom is 0.0635 e. The zero-order chi connectivity index (χ0) is 4.12. The largest absolute Gasteiger partial charge is 0.412 e. The molecule has 4 N–H and O–H groups in total. The molecule has 0 aliphatic carbocycles. The number of nitriles is 1. The highest BCUT2D eigenvalue weighted by atomic mass is 16.0. The van der Waals surface area contributed by atoms with Crippen molar-refractivity contribution < 1.29 is 5.48 Å². The molecule has 0 atom stereocenters.